The van der Waals surface area contributed by atoms with Crippen molar-refractivity contribution in [3.63, 3.8) is 0 Å². The van der Waals surface area contributed by atoms with Gasteiger partial charge in [-0.3, -0.25) is 4.98 Å². The van der Waals surface area contributed by atoms with E-state index in [1.54, 1.807) is 18.5 Å². The Bertz CT molecular complexity index is 344. The number of pyridine rings is 1. The summed E-state index contributed by atoms with van der Waals surface area (Å²) in [6, 6.07) is 1.66. The number of nitrogens with zero attached hydrogens (tertiary/aromatic N) is 1. The summed E-state index contributed by atoms with van der Waals surface area (Å²) in [6.45, 7) is 5.54. The van der Waals surface area contributed by atoms with E-state index in [9.17, 15) is 4.79 Å². The van der Waals surface area contributed by atoms with Gasteiger partial charge in [-0.25, -0.2) is 4.79 Å². The molecule has 0 aromatic carbocycles. The Balaban J connectivity index is 2.86. The van der Waals surface area contributed by atoms with Gasteiger partial charge in [0.2, 0.25) is 0 Å². The number of hydrogen-bond acceptors (Lipinski definition) is 3. The predicted octanol–water partition coefficient (Wildman–Crippen LogP) is 2.64. The lowest BCUT2D eigenvalue weighted by Crippen LogP contribution is -2.24. The molecule has 1 heterocycles. The molecule has 0 fully saturated rings. The number of hydrogen-bond donors (Lipinski definition) is 0. The van der Waals surface area contributed by atoms with Crippen molar-refractivity contribution < 1.29 is 9.53 Å². The molecule has 0 N–H and O–H groups in total. The molecular formula is C10H12INO2. The highest BCUT2D eigenvalue weighted by Gasteiger charge is 2.19. The third-order valence-electron chi connectivity index (χ3n) is 1.39. The molecule has 0 aliphatic heterocycles. The van der Waals surface area contributed by atoms with Gasteiger partial charge in [0, 0.05) is 16.0 Å². The number of carbonyl (C=O) groups excluding carboxylic acids is 1. The van der Waals surface area contributed by atoms with Crippen molar-refractivity contribution in [3.8, 4) is 0 Å². The molecule has 0 spiro atoms. The summed E-state index contributed by atoms with van der Waals surface area (Å²) in [5.41, 5.74) is 0.110. The molecule has 3 nitrogen and oxygen atoms in total. The predicted molar refractivity (Wildman–Crippen MR) is 62.1 cm³/mol. The molecular weight excluding hydrogens is 293 g/mol. The van der Waals surface area contributed by atoms with Crippen molar-refractivity contribution in [2.45, 2.75) is 26.4 Å². The normalized spacial score (nSPS) is 11.1. The monoisotopic (exact) mass is 305 g/mol. The standard InChI is InChI=1S/C10H12INO2/c1-10(2,3)14-9(13)7-4-5-12-6-8(7)11/h4-6H,1-3H3. The van der Waals surface area contributed by atoms with Crippen LogP contribution in [0, 0.1) is 3.57 Å². The van der Waals surface area contributed by atoms with Crippen molar-refractivity contribution in [2.75, 3.05) is 0 Å². The van der Waals surface area contributed by atoms with E-state index in [1.165, 1.54) is 0 Å². The zero-order valence-electron chi connectivity index (χ0n) is 8.37. The van der Waals surface area contributed by atoms with Crippen molar-refractivity contribution >= 4 is 28.6 Å². The van der Waals surface area contributed by atoms with Crippen LogP contribution in [0.2, 0.25) is 0 Å². The summed E-state index contributed by atoms with van der Waals surface area (Å²) in [6.07, 6.45) is 3.22. The largest absolute Gasteiger partial charge is 0.456 e. The minimum atomic E-state index is -0.455. The first kappa shape index (κ1) is 11.4. The summed E-state index contributed by atoms with van der Waals surface area (Å²) in [7, 11) is 0. The van der Waals surface area contributed by atoms with E-state index in [2.05, 4.69) is 27.6 Å². The molecule has 0 unspecified atom stereocenters. The SMILES string of the molecule is CC(C)(C)OC(=O)c1ccncc1I. The van der Waals surface area contributed by atoms with Crippen LogP contribution >= 0.6 is 22.6 Å². The van der Waals surface area contributed by atoms with E-state index in [0.29, 0.717) is 5.56 Å². The van der Waals surface area contributed by atoms with Crippen molar-refractivity contribution in [2.24, 2.45) is 0 Å². The Morgan fingerprint density at radius 2 is 2.14 bits per heavy atom. The molecule has 0 aliphatic carbocycles. The van der Waals surface area contributed by atoms with Gasteiger partial charge in [-0.15, -0.1) is 0 Å². The fraction of sp³-hybridized carbons (Fsp3) is 0.400. The van der Waals surface area contributed by atoms with E-state index in [4.69, 9.17) is 4.74 Å². The summed E-state index contributed by atoms with van der Waals surface area (Å²) in [5.74, 6) is -0.302. The van der Waals surface area contributed by atoms with Gasteiger partial charge < -0.3 is 4.74 Å². The van der Waals surface area contributed by atoms with Crippen LogP contribution in [0.3, 0.4) is 0 Å². The molecule has 76 valence electrons. The maximum Gasteiger partial charge on any atom is 0.339 e. The van der Waals surface area contributed by atoms with Crippen LogP contribution in [-0.2, 0) is 4.74 Å². The molecule has 0 aliphatic rings. The fourth-order valence-electron chi connectivity index (χ4n) is 0.874. The second-order valence-corrected chi connectivity index (χ2v) is 5.02. The second-order valence-electron chi connectivity index (χ2n) is 3.86. The third kappa shape index (κ3) is 3.25. The smallest absolute Gasteiger partial charge is 0.339 e. The van der Waals surface area contributed by atoms with Gasteiger partial charge in [0.15, 0.2) is 0 Å². The van der Waals surface area contributed by atoms with Gasteiger partial charge in [0.05, 0.1) is 5.56 Å². The van der Waals surface area contributed by atoms with Gasteiger partial charge in [0.25, 0.3) is 0 Å². The third-order valence-corrected chi connectivity index (χ3v) is 2.25. The van der Waals surface area contributed by atoms with Gasteiger partial charge in [-0.1, -0.05) is 0 Å². The van der Waals surface area contributed by atoms with Gasteiger partial charge in [0.1, 0.15) is 5.60 Å². The topological polar surface area (TPSA) is 39.2 Å². The van der Waals surface area contributed by atoms with E-state index in [-0.39, 0.29) is 5.97 Å². The molecule has 0 saturated heterocycles. The van der Waals surface area contributed by atoms with E-state index < -0.39 is 5.60 Å². The summed E-state index contributed by atoms with van der Waals surface area (Å²) in [4.78, 5) is 15.5. The Kier molecular flexibility index (Phi) is 3.47. The molecule has 0 amide bonds. The Morgan fingerprint density at radius 3 is 2.64 bits per heavy atom. The summed E-state index contributed by atoms with van der Waals surface area (Å²) < 4.78 is 6.04. The van der Waals surface area contributed by atoms with E-state index >= 15 is 0 Å². The van der Waals surface area contributed by atoms with Crippen LogP contribution in [-0.4, -0.2) is 16.6 Å². The molecule has 4 heteroatoms. The van der Waals surface area contributed by atoms with E-state index in [0.717, 1.165) is 3.57 Å². The first-order valence-electron chi connectivity index (χ1n) is 4.23. The molecule has 0 atom stereocenters. The fourth-order valence-corrected chi connectivity index (χ4v) is 1.43. The lowest BCUT2D eigenvalue weighted by atomic mass is 10.2. The Morgan fingerprint density at radius 1 is 1.50 bits per heavy atom. The number of ether oxygens (including phenoxy) is 1. The first-order valence-corrected chi connectivity index (χ1v) is 5.31. The molecule has 0 saturated carbocycles. The number of esters is 1. The van der Waals surface area contributed by atoms with Crippen LogP contribution in [0.5, 0.6) is 0 Å². The highest BCUT2D eigenvalue weighted by Crippen LogP contribution is 2.15. The zero-order valence-corrected chi connectivity index (χ0v) is 10.5. The van der Waals surface area contributed by atoms with Crippen LogP contribution in [0.25, 0.3) is 0 Å². The quantitative estimate of drug-likeness (QED) is 0.591. The highest BCUT2D eigenvalue weighted by molar-refractivity contribution is 14.1. The van der Waals surface area contributed by atoms with Crippen LogP contribution in [0.15, 0.2) is 18.5 Å². The minimum Gasteiger partial charge on any atom is -0.456 e. The number of halogens is 1. The molecule has 1 aromatic heterocycles. The van der Waals surface area contributed by atoms with Gasteiger partial charge >= 0.3 is 5.97 Å². The summed E-state index contributed by atoms with van der Waals surface area (Å²) >= 11 is 2.06. The maximum atomic E-state index is 11.6. The number of rotatable bonds is 1. The van der Waals surface area contributed by atoms with Crippen LogP contribution in [0.4, 0.5) is 0 Å². The van der Waals surface area contributed by atoms with Crippen molar-refractivity contribution in [1.82, 2.24) is 4.98 Å². The van der Waals surface area contributed by atoms with Crippen molar-refractivity contribution in [1.29, 1.82) is 0 Å². The Labute approximate surface area is 97.0 Å². The molecule has 1 rings (SSSR count). The molecule has 0 bridgehead atoms. The number of carbonyl (C=O) groups is 1. The summed E-state index contributed by atoms with van der Waals surface area (Å²) in [5, 5.41) is 0. The lowest BCUT2D eigenvalue weighted by Gasteiger charge is -2.19. The average Bonchev–Trinajstić information content (AvgIpc) is 2.01. The zero-order chi connectivity index (χ0) is 10.8. The lowest BCUT2D eigenvalue weighted by molar-refractivity contribution is 0.00682. The first-order chi connectivity index (χ1) is 6.40. The minimum absolute atomic E-state index is 0.302. The van der Waals surface area contributed by atoms with Crippen LogP contribution in [0.1, 0.15) is 31.1 Å². The highest BCUT2D eigenvalue weighted by atomic mass is 127. The molecule has 14 heavy (non-hydrogen) atoms. The van der Waals surface area contributed by atoms with E-state index in [1.807, 2.05) is 20.8 Å². The Hall–Kier alpha value is -0.650. The van der Waals surface area contributed by atoms with Gasteiger partial charge in [-0.05, 0) is 49.4 Å². The van der Waals surface area contributed by atoms with Gasteiger partial charge in [-0.2, -0.15) is 0 Å². The molecule has 0 radical (unpaired) electrons. The van der Waals surface area contributed by atoms with Crippen LogP contribution < -0.4 is 0 Å². The maximum absolute atomic E-state index is 11.6. The second kappa shape index (κ2) is 4.25. The number of aromatic nitrogens is 1. The average molecular weight is 305 g/mol. The van der Waals surface area contributed by atoms with Crippen molar-refractivity contribution in [3.05, 3.63) is 27.6 Å². The molecule has 1 aromatic rings.